The fourth-order valence-corrected chi connectivity index (χ4v) is 4.80. The third kappa shape index (κ3) is 2.60. The number of aromatic amines is 1. The van der Waals surface area contributed by atoms with Gasteiger partial charge in [-0.1, -0.05) is 18.6 Å². The first-order valence-electron chi connectivity index (χ1n) is 8.15. The Bertz CT molecular complexity index is 873. The highest BCUT2D eigenvalue weighted by molar-refractivity contribution is 7.85. The zero-order valence-corrected chi connectivity index (χ0v) is 14.3. The summed E-state index contributed by atoms with van der Waals surface area (Å²) in [5.74, 6) is 0.841. The van der Waals surface area contributed by atoms with E-state index in [-0.39, 0.29) is 5.25 Å². The predicted octanol–water partition coefficient (Wildman–Crippen LogP) is 3.54. The van der Waals surface area contributed by atoms with Crippen molar-refractivity contribution in [2.75, 3.05) is 7.11 Å². The summed E-state index contributed by atoms with van der Waals surface area (Å²) >= 11 is 0. The zero-order chi connectivity index (χ0) is 16.5. The van der Waals surface area contributed by atoms with Crippen molar-refractivity contribution in [3.8, 4) is 5.75 Å². The molecule has 0 saturated heterocycles. The van der Waals surface area contributed by atoms with Gasteiger partial charge in [-0.15, -0.1) is 0 Å². The number of para-hydroxylation sites is 2. The molecule has 1 aliphatic carbocycles. The molecule has 1 unspecified atom stereocenters. The van der Waals surface area contributed by atoms with Gasteiger partial charge in [0.25, 0.3) is 0 Å². The second-order valence-corrected chi connectivity index (χ2v) is 7.52. The Morgan fingerprint density at radius 3 is 2.96 bits per heavy atom. The van der Waals surface area contributed by atoms with E-state index in [2.05, 4.69) is 15.0 Å². The SMILES string of the molecule is COc1ccnc2c1CCCCC2[S@@](=O)c1nc2ccccc2[nH]1. The van der Waals surface area contributed by atoms with Gasteiger partial charge in [-0.25, -0.2) is 4.98 Å². The van der Waals surface area contributed by atoms with Crippen LogP contribution >= 0.6 is 0 Å². The summed E-state index contributed by atoms with van der Waals surface area (Å²) < 4.78 is 18.7. The second-order valence-electron chi connectivity index (χ2n) is 5.97. The summed E-state index contributed by atoms with van der Waals surface area (Å²) in [6.07, 6.45) is 5.59. The Morgan fingerprint density at radius 1 is 1.25 bits per heavy atom. The fourth-order valence-electron chi connectivity index (χ4n) is 3.35. The van der Waals surface area contributed by atoms with Crippen molar-refractivity contribution in [1.29, 1.82) is 0 Å². The average molecular weight is 341 g/mol. The van der Waals surface area contributed by atoms with Crippen LogP contribution in [0.2, 0.25) is 0 Å². The molecule has 0 aliphatic heterocycles. The number of nitrogens with zero attached hydrogens (tertiary/aromatic N) is 2. The molecular formula is C18H19N3O2S. The van der Waals surface area contributed by atoms with E-state index in [9.17, 15) is 4.21 Å². The van der Waals surface area contributed by atoms with E-state index in [4.69, 9.17) is 4.74 Å². The lowest BCUT2D eigenvalue weighted by Gasteiger charge is -2.16. The minimum absolute atomic E-state index is 0.154. The third-order valence-electron chi connectivity index (χ3n) is 4.53. The van der Waals surface area contributed by atoms with Gasteiger partial charge in [0.05, 0.1) is 39.9 Å². The summed E-state index contributed by atoms with van der Waals surface area (Å²) in [5, 5.41) is 0.372. The van der Waals surface area contributed by atoms with Crippen LogP contribution in [0, 0.1) is 0 Å². The molecule has 0 radical (unpaired) electrons. The van der Waals surface area contributed by atoms with Gasteiger partial charge in [0.1, 0.15) is 5.75 Å². The minimum atomic E-state index is -1.27. The summed E-state index contributed by atoms with van der Waals surface area (Å²) in [5.41, 5.74) is 3.74. The van der Waals surface area contributed by atoms with Crippen molar-refractivity contribution in [3.63, 3.8) is 0 Å². The van der Waals surface area contributed by atoms with E-state index >= 15 is 0 Å². The second kappa shape index (κ2) is 6.36. The van der Waals surface area contributed by atoms with E-state index < -0.39 is 10.8 Å². The van der Waals surface area contributed by atoms with Crippen LogP contribution in [0.4, 0.5) is 0 Å². The smallest absolute Gasteiger partial charge is 0.198 e. The number of hydrogen-bond donors (Lipinski definition) is 1. The molecule has 2 atom stereocenters. The van der Waals surface area contributed by atoms with Crippen LogP contribution in [0.15, 0.2) is 41.7 Å². The van der Waals surface area contributed by atoms with Gasteiger partial charge in [-0.05, 0) is 37.5 Å². The standard InChI is InChI=1S/C18H19N3O2S/c1-23-15-10-11-19-17-12(15)6-2-5-9-16(17)24(22)18-20-13-7-3-4-8-14(13)21-18/h3-4,7-8,10-11,16H,2,5-6,9H2,1H3,(H,20,21)/t16?,24-/m1/s1. The third-order valence-corrected chi connectivity index (χ3v) is 6.08. The van der Waals surface area contributed by atoms with Gasteiger partial charge >= 0.3 is 0 Å². The highest BCUT2D eigenvalue weighted by Gasteiger charge is 2.29. The van der Waals surface area contributed by atoms with E-state index in [1.54, 1.807) is 13.3 Å². The number of ether oxygens (including phenoxy) is 1. The van der Waals surface area contributed by atoms with Crippen molar-refractivity contribution in [1.82, 2.24) is 15.0 Å². The number of benzene rings is 1. The molecule has 1 N–H and O–H groups in total. The topological polar surface area (TPSA) is 67.9 Å². The first-order valence-corrected chi connectivity index (χ1v) is 9.36. The lowest BCUT2D eigenvalue weighted by molar-refractivity contribution is 0.408. The molecule has 24 heavy (non-hydrogen) atoms. The van der Waals surface area contributed by atoms with Crippen molar-refractivity contribution in [2.45, 2.75) is 36.1 Å². The number of hydrogen-bond acceptors (Lipinski definition) is 4. The maximum atomic E-state index is 13.2. The monoisotopic (exact) mass is 341 g/mol. The fraction of sp³-hybridized carbons (Fsp3) is 0.333. The van der Waals surface area contributed by atoms with Crippen molar-refractivity contribution < 1.29 is 8.95 Å². The summed E-state index contributed by atoms with van der Waals surface area (Å²) in [6, 6.07) is 9.63. The number of methoxy groups -OCH3 is 1. The highest BCUT2D eigenvalue weighted by atomic mass is 32.2. The van der Waals surface area contributed by atoms with Crippen LogP contribution in [0.3, 0.4) is 0 Å². The van der Waals surface area contributed by atoms with Crippen molar-refractivity contribution in [2.24, 2.45) is 0 Å². The van der Waals surface area contributed by atoms with E-state index in [1.807, 2.05) is 30.3 Å². The predicted molar refractivity (Wildman–Crippen MR) is 93.6 cm³/mol. The van der Waals surface area contributed by atoms with E-state index in [0.29, 0.717) is 5.16 Å². The normalized spacial score (nSPS) is 18.8. The molecule has 2 aromatic heterocycles. The zero-order valence-electron chi connectivity index (χ0n) is 13.5. The Hall–Kier alpha value is -2.21. The van der Waals surface area contributed by atoms with Crippen LogP contribution in [-0.4, -0.2) is 26.3 Å². The maximum Gasteiger partial charge on any atom is 0.198 e. The molecule has 0 amide bonds. The summed E-state index contributed by atoms with van der Waals surface area (Å²) in [7, 11) is 0.402. The molecule has 1 aliphatic rings. The number of aromatic nitrogens is 3. The molecule has 0 fully saturated rings. The Morgan fingerprint density at radius 2 is 2.12 bits per heavy atom. The van der Waals surface area contributed by atoms with Gasteiger partial charge in [0.15, 0.2) is 5.16 Å². The first-order chi connectivity index (χ1) is 11.8. The van der Waals surface area contributed by atoms with Gasteiger partial charge in [0, 0.05) is 11.8 Å². The number of nitrogens with one attached hydrogen (secondary N) is 1. The molecule has 6 heteroatoms. The number of H-pyrrole nitrogens is 1. The molecule has 5 nitrogen and oxygen atoms in total. The minimum Gasteiger partial charge on any atom is -0.496 e. The largest absolute Gasteiger partial charge is 0.496 e. The van der Waals surface area contributed by atoms with Gasteiger partial charge in [0.2, 0.25) is 0 Å². The van der Waals surface area contributed by atoms with Crippen LogP contribution in [0.1, 0.15) is 35.8 Å². The molecule has 124 valence electrons. The van der Waals surface area contributed by atoms with Crippen LogP contribution in [0.25, 0.3) is 11.0 Å². The molecule has 2 heterocycles. The highest BCUT2D eigenvalue weighted by Crippen LogP contribution is 2.37. The number of fused-ring (bicyclic) bond motifs is 2. The summed E-state index contributed by atoms with van der Waals surface area (Å²) in [6.45, 7) is 0. The first kappa shape index (κ1) is 15.3. The van der Waals surface area contributed by atoms with E-state index in [1.165, 1.54) is 0 Å². The Kier molecular flexibility index (Phi) is 4.06. The lowest BCUT2D eigenvalue weighted by Crippen LogP contribution is -2.11. The van der Waals surface area contributed by atoms with Gasteiger partial charge in [-0.2, -0.15) is 0 Å². The lowest BCUT2D eigenvalue weighted by atomic mass is 10.1. The molecule has 0 saturated carbocycles. The Balaban J connectivity index is 1.77. The molecule has 4 rings (SSSR count). The van der Waals surface area contributed by atoms with Crippen LogP contribution in [0.5, 0.6) is 5.75 Å². The Labute approximate surface area is 142 Å². The molecule has 3 aromatic rings. The summed E-state index contributed by atoms with van der Waals surface area (Å²) in [4.78, 5) is 12.3. The van der Waals surface area contributed by atoms with Gasteiger partial charge in [-0.3, -0.25) is 9.19 Å². The number of rotatable bonds is 3. The van der Waals surface area contributed by atoms with Crippen LogP contribution < -0.4 is 4.74 Å². The van der Waals surface area contributed by atoms with Crippen molar-refractivity contribution >= 4 is 21.8 Å². The van der Waals surface area contributed by atoms with E-state index in [0.717, 1.165) is 53.7 Å². The van der Waals surface area contributed by atoms with Crippen molar-refractivity contribution in [3.05, 3.63) is 47.8 Å². The maximum absolute atomic E-state index is 13.2. The molecule has 0 spiro atoms. The molecule has 1 aromatic carbocycles. The van der Waals surface area contributed by atoms with Gasteiger partial charge < -0.3 is 9.72 Å². The average Bonchev–Trinajstić information content (AvgIpc) is 2.93. The van der Waals surface area contributed by atoms with Crippen LogP contribution in [-0.2, 0) is 17.2 Å². The molecular weight excluding hydrogens is 322 g/mol. The quantitative estimate of drug-likeness (QED) is 0.740. The molecule has 0 bridgehead atoms. The number of pyridine rings is 1. The number of imidazole rings is 1.